The van der Waals surface area contributed by atoms with Crippen LogP contribution >= 0.6 is 0 Å². The maximum atomic E-state index is 12.5. The highest BCUT2D eigenvalue weighted by atomic mass is 16.5. The van der Waals surface area contributed by atoms with Crippen molar-refractivity contribution < 1.29 is 14.3 Å². The zero-order chi connectivity index (χ0) is 16.1. The minimum atomic E-state index is -0.168. The van der Waals surface area contributed by atoms with E-state index in [1.54, 1.807) is 18.1 Å². The third kappa shape index (κ3) is 3.47. The molecule has 2 rings (SSSR count). The number of carbonyl (C=O) groups excluding carboxylic acids is 2. The maximum absolute atomic E-state index is 12.5. The van der Waals surface area contributed by atoms with Gasteiger partial charge in [0.1, 0.15) is 5.75 Å². The molecule has 1 N–H and O–H groups in total. The molecule has 0 unspecified atom stereocenters. The lowest BCUT2D eigenvalue weighted by atomic mass is 10.0. The Balaban J connectivity index is 2.07. The standard InChI is InChI=1S/C17H22N2O3/c1-4-15(20)19-10-6-8-13(11-19)18-17(21)14-9-5-7-12(2)16(14)22-3/h4-5,7,9,13H,1,6,8,10-11H2,2-3H3,(H,18,21)/t13-/m1/s1. The number of rotatable bonds is 4. The summed E-state index contributed by atoms with van der Waals surface area (Å²) in [6, 6.07) is 5.44. The highest BCUT2D eigenvalue weighted by molar-refractivity contribution is 5.97. The van der Waals surface area contributed by atoms with E-state index in [-0.39, 0.29) is 17.9 Å². The van der Waals surface area contributed by atoms with Crippen molar-refractivity contribution >= 4 is 11.8 Å². The van der Waals surface area contributed by atoms with Gasteiger partial charge in [-0.05, 0) is 37.5 Å². The van der Waals surface area contributed by atoms with Gasteiger partial charge in [-0.25, -0.2) is 0 Å². The summed E-state index contributed by atoms with van der Waals surface area (Å²) in [6.45, 7) is 6.64. The fourth-order valence-corrected chi connectivity index (χ4v) is 2.79. The van der Waals surface area contributed by atoms with Gasteiger partial charge in [-0.1, -0.05) is 18.7 Å². The van der Waals surface area contributed by atoms with Crippen molar-refractivity contribution in [1.29, 1.82) is 0 Å². The average molecular weight is 302 g/mol. The highest BCUT2D eigenvalue weighted by Gasteiger charge is 2.24. The third-order valence-electron chi connectivity index (χ3n) is 3.90. The number of hydrogen-bond acceptors (Lipinski definition) is 3. The first-order chi connectivity index (χ1) is 10.6. The number of amides is 2. The van der Waals surface area contributed by atoms with Gasteiger partial charge < -0.3 is 15.0 Å². The van der Waals surface area contributed by atoms with Crippen LogP contribution in [0.5, 0.6) is 5.75 Å². The van der Waals surface area contributed by atoms with Gasteiger partial charge in [0.25, 0.3) is 5.91 Å². The Bertz CT molecular complexity index is 583. The van der Waals surface area contributed by atoms with Crippen molar-refractivity contribution in [3.63, 3.8) is 0 Å². The lowest BCUT2D eigenvalue weighted by Gasteiger charge is -2.32. The molecule has 0 aliphatic carbocycles. The first kappa shape index (κ1) is 16.1. The van der Waals surface area contributed by atoms with E-state index in [1.807, 2.05) is 19.1 Å². The number of nitrogens with one attached hydrogen (secondary N) is 1. The summed E-state index contributed by atoms with van der Waals surface area (Å²) >= 11 is 0. The quantitative estimate of drug-likeness (QED) is 0.864. The number of likely N-dealkylation sites (tertiary alicyclic amines) is 1. The van der Waals surface area contributed by atoms with E-state index in [9.17, 15) is 9.59 Å². The molecule has 5 heteroatoms. The highest BCUT2D eigenvalue weighted by Crippen LogP contribution is 2.23. The lowest BCUT2D eigenvalue weighted by Crippen LogP contribution is -2.49. The summed E-state index contributed by atoms with van der Waals surface area (Å²) in [5.74, 6) is 0.334. The van der Waals surface area contributed by atoms with Crippen LogP contribution < -0.4 is 10.1 Å². The van der Waals surface area contributed by atoms with Gasteiger partial charge in [0, 0.05) is 19.1 Å². The monoisotopic (exact) mass is 302 g/mol. The van der Waals surface area contributed by atoms with Gasteiger partial charge >= 0.3 is 0 Å². The van der Waals surface area contributed by atoms with Crippen molar-refractivity contribution in [2.45, 2.75) is 25.8 Å². The normalized spacial score (nSPS) is 17.7. The Morgan fingerprint density at radius 2 is 2.23 bits per heavy atom. The molecular weight excluding hydrogens is 280 g/mol. The molecule has 118 valence electrons. The second kappa shape index (κ2) is 7.11. The Labute approximate surface area is 130 Å². The largest absolute Gasteiger partial charge is 0.496 e. The number of carbonyl (C=O) groups is 2. The predicted molar refractivity (Wildman–Crippen MR) is 85.0 cm³/mol. The number of nitrogens with zero attached hydrogens (tertiary/aromatic N) is 1. The van der Waals surface area contributed by atoms with Gasteiger partial charge in [-0.3, -0.25) is 9.59 Å². The molecule has 2 amide bonds. The number of aryl methyl sites for hydroxylation is 1. The van der Waals surface area contributed by atoms with Gasteiger partial charge in [-0.15, -0.1) is 0 Å². The summed E-state index contributed by atoms with van der Waals surface area (Å²) in [7, 11) is 1.56. The molecular formula is C17H22N2O3. The Morgan fingerprint density at radius 1 is 1.45 bits per heavy atom. The number of hydrogen-bond donors (Lipinski definition) is 1. The van der Waals surface area contributed by atoms with Crippen LogP contribution in [0.3, 0.4) is 0 Å². The van der Waals surface area contributed by atoms with E-state index in [1.165, 1.54) is 6.08 Å². The second-order valence-corrected chi connectivity index (χ2v) is 5.46. The summed E-state index contributed by atoms with van der Waals surface area (Å²) in [6.07, 6.45) is 3.05. The number of benzene rings is 1. The average Bonchev–Trinajstić information content (AvgIpc) is 2.54. The Kier molecular flexibility index (Phi) is 5.20. The first-order valence-electron chi connectivity index (χ1n) is 7.42. The number of methoxy groups -OCH3 is 1. The molecule has 1 heterocycles. The van der Waals surface area contributed by atoms with Crippen LogP contribution in [0.1, 0.15) is 28.8 Å². The van der Waals surface area contributed by atoms with E-state index in [2.05, 4.69) is 11.9 Å². The zero-order valence-electron chi connectivity index (χ0n) is 13.1. The molecule has 0 spiro atoms. The van der Waals surface area contributed by atoms with Gasteiger partial charge in [0.2, 0.25) is 5.91 Å². The SMILES string of the molecule is C=CC(=O)N1CCC[C@@H](NC(=O)c2cccc(C)c2OC)C1. The fourth-order valence-electron chi connectivity index (χ4n) is 2.79. The van der Waals surface area contributed by atoms with Crippen LogP contribution in [0.2, 0.25) is 0 Å². The van der Waals surface area contributed by atoms with Crippen LogP contribution in [-0.2, 0) is 4.79 Å². The number of piperidine rings is 1. The molecule has 0 radical (unpaired) electrons. The second-order valence-electron chi connectivity index (χ2n) is 5.46. The summed E-state index contributed by atoms with van der Waals surface area (Å²) < 4.78 is 5.32. The van der Waals surface area contributed by atoms with Crippen LogP contribution in [0.4, 0.5) is 0 Å². The smallest absolute Gasteiger partial charge is 0.255 e. The van der Waals surface area contributed by atoms with Crippen molar-refractivity contribution in [2.75, 3.05) is 20.2 Å². The Hall–Kier alpha value is -2.30. The molecule has 5 nitrogen and oxygen atoms in total. The third-order valence-corrected chi connectivity index (χ3v) is 3.90. The van der Waals surface area contributed by atoms with Gasteiger partial charge in [0.15, 0.2) is 0 Å². The molecule has 1 fully saturated rings. The maximum Gasteiger partial charge on any atom is 0.255 e. The van der Waals surface area contributed by atoms with E-state index >= 15 is 0 Å². The van der Waals surface area contributed by atoms with Crippen molar-refractivity contribution in [1.82, 2.24) is 10.2 Å². The molecule has 0 bridgehead atoms. The summed E-state index contributed by atoms with van der Waals surface area (Å²) in [5.41, 5.74) is 1.44. The number of ether oxygens (including phenoxy) is 1. The van der Waals surface area contributed by atoms with E-state index in [0.717, 1.165) is 18.4 Å². The van der Waals surface area contributed by atoms with Crippen molar-refractivity contribution in [2.24, 2.45) is 0 Å². The molecule has 1 saturated heterocycles. The molecule has 0 saturated carbocycles. The molecule has 22 heavy (non-hydrogen) atoms. The minimum absolute atomic E-state index is 0.0460. The first-order valence-corrected chi connectivity index (χ1v) is 7.42. The van der Waals surface area contributed by atoms with E-state index in [0.29, 0.717) is 24.4 Å². The van der Waals surface area contributed by atoms with E-state index in [4.69, 9.17) is 4.74 Å². The van der Waals surface area contributed by atoms with Crippen LogP contribution in [0.15, 0.2) is 30.9 Å². The summed E-state index contributed by atoms with van der Waals surface area (Å²) in [5, 5.41) is 3.00. The Morgan fingerprint density at radius 3 is 2.91 bits per heavy atom. The zero-order valence-corrected chi connectivity index (χ0v) is 13.1. The van der Waals surface area contributed by atoms with E-state index < -0.39 is 0 Å². The molecule has 1 atom stereocenters. The van der Waals surface area contributed by atoms with Gasteiger partial charge in [0.05, 0.1) is 12.7 Å². The molecule has 1 aromatic carbocycles. The van der Waals surface area contributed by atoms with Crippen LogP contribution in [-0.4, -0.2) is 43.0 Å². The van der Waals surface area contributed by atoms with Crippen LogP contribution in [0.25, 0.3) is 0 Å². The topological polar surface area (TPSA) is 58.6 Å². The molecule has 0 aromatic heterocycles. The minimum Gasteiger partial charge on any atom is -0.496 e. The van der Waals surface area contributed by atoms with Gasteiger partial charge in [-0.2, -0.15) is 0 Å². The predicted octanol–water partition coefficient (Wildman–Crippen LogP) is 1.91. The summed E-state index contributed by atoms with van der Waals surface area (Å²) in [4.78, 5) is 25.9. The molecule has 1 aliphatic rings. The van der Waals surface area contributed by atoms with Crippen molar-refractivity contribution in [3.05, 3.63) is 42.0 Å². The van der Waals surface area contributed by atoms with Crippen LogP contribution in [0, 0.1) is 6.92 Å². The molecule has 1 aromatic rings. The fraction of sp³-hybridized carbons (Fsp3) is 0.412. The molecule has 1 aliphatic heterocycles. The van der Waals surface area contributed by atoms with Crippen molar-refractivity contribution in [3.8, 4) is 5.75 Å². The lowest BCUT2D eigenvalue weighted by molar-refractivity contribution is -0.127. The number of para-hydroxylation sites is 1.